The molecule has 4 rings (SSSR count). The molecule has 2 heterocycles. The van der Waals surface area contributed by atoms with Gasteiger partial charge in [-0.2, -0.15) is 9.97 Å². The number of nitrogens with zero attached hydrogens (tertiary/aromatic N) is 2. The summed E-state index contributed by atoms with van der Waals surface area (Å²) in [6.45, 7) is 0. The van der Waals surface area contributed by atoms with Crippen molar-refractivity contribution in [3.05, 3.63) is 48.0 Å². The second kappa shape index (κ2) is 5.13. The third-order valence-corrected chi connectivity index (χ3v) is 3.32. The van der Waals surface area contributed by atoms with Crippen LogP contribution in [-0.2, 0) is 4.74 Å². The summed E-state index contributed by atoms with van der Waals surface area (Å²) in [5.41, 5.74) is 2.87. The number of anilines is 2. The van der Waals surface area contributed by atoms with Crippen molar-refractivity contribution in [1.82, 2.24) is 9.97 Å². The highest BCUT2D eigenvalue weighted by Crippen LogP contribution is 2.25. The van der Waals surface area contributed by atoms with E-state index in [1.54, 1.807) is 18.2 Å². The van der Waals surface area contributed by atoms with Crippen molar-refractivity contribution in [2.45, 2.75) is 0 Å². The number of hydrogen-bond donors (Lipinski definition) is 1. The fourth-order valence-electron chi connectivity index (χ4n) is 2.24. The van der Waals surface area contributed by atoms with Gasteiger partial charge in [-0.3, -0.25) is 5.32 Å². The van der Waals surface area contributed by atoms with Gasteiger partial charge in [0.05, 0.1) is 12.7 Å². The number of esters is 1. The van der Waals surface area contributed by atoms with Crippen LogP contribution in [0.25, 0.3) is 22.2 Å². The van der Waals surface area contributed by atoms with Gasteiger partial charge in [-0.25, -0.2) is 4.79 Å². The Morgan fingerprint density at radius 1 is 1.00 bits per heavy atom. The van der Waals surface area contributed by atoms with Crippen LogP contribution < -0.4 is 5.32 Å². The molecule has 0 bridgehead atoms. The van der Waals surface area contributed by atoms with Crippen LogP contribution in [0, 0.1) is 0 Å². The van der Waals surface area contributed by atoms with E-state index in [9.17, 15) is 4.79 Å². The lowest BCUT2D eigenvalue weighted by molar-refractivity contribution is 0.0601. The van der Waals surface area contributed by atoms with E-state index in [4.69, 9.17) is 8.83 Å². The SMILES string of the molecule is COC(=O)c1ccc2nc(Nc3nc4ccccc4o3)oc2c1. The number of ether oxygens (including phenoxy) is 1. The molecule has 114 valence electrons. The van der Waals surface area contributed by atoms with Gasteiger partial charge in [0, 0.05) is 0 Å². The van der Waals surface area contributed by atoms with Crippen LogP contribution >= 0.6 is 0 Å². The van der Waals surface area contributed by atoms with E-state index >= 15 is 0 Å². The van der Waals surface area contributed by atoms with Crippen LogP contribution in [-0.4, -0.2) is 23.0 Å². The molecular formula is C16H11N3O4. The molecular weight excluding hydrogens is 298 g/mol. The van der Waals surface area contributed by atoms with Gasteiger partial charge >= 0.3 is 18.0 Å². The lowest BCUT2D eigenvalue weighted by Crippen LogP contribution is -2.00. The van der Waals surface area contributed by atoms with Gasteiger partial charge in [-0.05, 0) is 30.3 Å². The first-order valence-corrected chi connectivity index (χ1v) is 6.84. The van der Waals surface area contributed by atoms with Gasteiger partial charge in [-0.15, -0.1) is 0 Å². The van der Waals surface area contributed by atoms with Crippen LogP contribution in [0.1, 0.15) is 10.4 Å². The second-order valence-corrected chi connectivity index (χ2v) is 4.80. The summed E-state index contributed by atoms with van der Waals surface area (Å²) in [4.78, 5) is 20.1. The van der Waals surface area contributed by atoms with E-state index in [1.165, 1.54) is 7.11 Å². The van der Waals surface area contributed by atoms with Gasteiger partial charge in [0.2, 0.25) is 0 Å². The van der Waals surface area contributed by atoms with E-state index < -0.39 is 5.97 Å². The highest BCUT2D eigenvalue weighted by Gasteiger charge is 2.13. The van der Waals surface area contributed by atoms with Crippen molar-refractivity contribution in [3.63, 3.8) is 0 Å². The molecule has 0 aliphatic heterocycles. The Morgan fingerprint density at radius 2 is 1.70 bits per heavy atom. The maximum Gasteiger partial charge on any atom is 0.337 e. The molecule has 7 nitrogen and oxygen atoms in total. The van der Waals surface area contributed by atoms with E-state index in [0.717, 1.165) is 5.52 Å². The van der Waals surface area contributed by atoms with E-state index in [-0.39, 0.29) is 12.0 Å². The first-order chi connectivity index (χ1) is 11.2. The topological polar surface area (TPSA) is 90.4 Å². The fourth-order valence-corrected chi connectivity index (χ4v) is 2.24. The number of methoxy groups -OCH3 is 1. The summed E-state index contributed by atoms with van der Waals surface area (Å²) in [6, 6.07) is 12.8. The Bertz CT molecular complexity index is 985. The molecule has 0 atom stereocenters. The number of fused-ring (bicyclic) bond motifs is 2. The van der Waals surface area contributed by atoms with Crippen LogP contribution in [0.2, 0.25) is 0 Å². The standard InChI is InChI=1S/C16H11N3O4/c1-21-14(20)9-6-7-11-13(8-9)23-16(18-11)19-15-17-10-4-2-3-5-12(10)22-15/h2-8H,1H3,(H,17,18,19). The Kier molecular flexibility index (Phi) is 2.97. The summed E-state index contributed by atoms with van der Waals surface area (Å²) in [7, 11) is 1.33. The largest absolute Gasteiger partial charge is 0.465 e. The first kappa shape index (κ1) is 13.3. The van der Waals surface area contributed by atoms with Crippen LogP contribution in [0.15, 0.2) is 51.3 Å². The molecule has 0 spiro atoms. The molecule has 1 N–H and O–H groups in total. The third kappa shape index (κ3) is 2.38. The summed E-state index contributed by atoms with van der Waals surface area (Å²) in [6.07, 6.45) is 0. The molecule has 7 heteroatoms. The van der Waals surface area contributed by atoms with Crippen molar-refractivity contribution >= 4 is 40.2 Å². The molecule has 0 radical (unpaired) electrons. The van der Waals surface area contributed by atoms with E-state index in [1.807, 2.05) is 24.3 Å². The number of carbonyl (C=O) groups excluding carboxylic acids is 1. The minimum Gasteiger partial charge on any atom is -0.465 e. The zero-order valence-corrected chi connectivity index (χ0v) is 12.1. The number of hydrogen-bond acceptors (Lipinski definition) is 7. The molecule has 2 aromatic carbocycles. The highest BCUT2D eigenvalue weighted by atomic mass is 16.5. The quantitative estimate of drug-likeness (QED) is 0.579. The minimum atomic E-state index is -0.434. The monoisotopic (exact) mass is 309 g/mol. The molecule has 4 aromatic rings. The van der Waals surface area contributed by atoms with E-state index in [0.29, 0.717) is 22.2 Å². The van der Waals surface area contributed by atoms with Crippen molar-refractivity contribution < 1.29 is 18.4 Å². The lowest BCUT2D eigenvalue weighted by atomic mass is 10.2. The highest BCUT2D eigenvalue weighted by molar-refractivity contribution is 5.93. The molecule has 0 fully saturated rings. The fraction of sp³-hybridized carbons (Fsp3) is 0.0625. The van der Waals surface area contributed by atoms with Crippen molar-refractivity contribution in [1.29, 1.82) is 0 Å². The molecule has 0 saturated carbocycles. The van der Waals surface area contributed by atoms with Gasteiger partial charge < -0.3 is 13.6 Å². The summed E-state index contributed by atoms with van der Waals surface area (Å²) in [5.74, 6) is -0.434. The average molecular weight is 309 g/mol. The maximum absolute atomic E-state index is 11.5. The number of benzene rings is 2. The minimum absolute atomic E-state index is 0.230. The molecule has 23 heavy (non-hydrogen) atoms. The number of para-hydroxylation sites is 2. The lowest BCUT2D eigenvalue weighted by Gasteiger charge is -1.96. The van der Waals surface area contributed by atoms with Crippen LogP contribution in [0.4, 0.5) is 12.0 Å². The van der Waals surface area contributed by atoms with Gasteiger partial charge in [0.1, 0.15) is 11.0 Å². The molecule has 0 aliphatic rings. The third-order valence-electron chi connectivity index (χ3n) is 3.32. The average Bonchev–Trinajstić information content (AvgIpc) is 3.15. The molecule has 0 unspecified atom stereocenters. The summed E-state index contributed by atoms with van der Waals surface area (Å²) in [5, 5.41) is 2.87. The normalized spacial score (nSPS) is 11.0. The number of aromatic nitrogens is 2. The van der Waals surface area contributed by atoms with E-state index in [2.05, 4.69) is 20.0 Å². The van der Waals surface area contributed by atoms with Crippen molar-refractivity contribution in [2.24, 2.45) is 0 Å². The molecule has 2 aromatic heterocycles. The van der Waals surface area contributed by atoms with Crippen molar-refractivity contribution in [2.75, 3.05) is 12.4 Å². The van der Waals surface area contributed by atoms with Crippen LogP contribution in [0.3, 0.4) is 0 Å². The Labute approximate surface area is 129 Å². The molecule has 0 saturated heterocycles. The Hall–Kier alpha value is -3.35. The zero-order valence-electron chi connectivity index (χ0n) is 12.1. The smallest absolute Gasteiger partial charge is 0.337 e. The number of nitrogens with one attached hydrogen (secondary N) is 1. The number of oxazole rings is 2. The number of rotatable bonds is 3. The van der Waals surface area contributed by atoms with Crippen LogP contribution in [0.5, 0.6) is 0 Å². The Balaban J connectivity index is 1.67. The zero-order chi connectivity index (χ0) is 15.8. The predicted molar refractivity (Wildman–Crippen MR) is 82.6 cm³/mol. The first-order valence-electron chi connectivity index (χ1n) is 6.84. The van der Waals surface area contributed by atoms with Gasteiger partial charge in [0.25, 0.3) is 0 Å². The van der Waals surface area contributed by atoms with Crippen molar-refractivity contribution in [3.8, 4) is 0 Å². The Morgan fingerprint density at radius 3 is 2.43 bits per heavy atom. The second-order valence-electron chi connectivity index (χ2n) is 4.80. The molecule has 0 amide bonds. The molecule has 0 aliphatic carbocycles. The summed E-state index contributed by atoms with van der Waals surface area (Å²) >= 11 is 0. The number of carbonyl (C=O) groups is 1. The maximum atomic E-state index is 11.5. The van der Waals surface area contributed by atoms with Gasteiger partial charge in [0.15, 0.2) is 11.2 Å². The predicted octanol–water partition coefficient (Wildman–Crippen LogP) is 3.50. The van der Waals surface area contributed by atoms with Gasteiger partial charge in [-0.1, -0.05) is 12.1 Å². The summed E-state index contributed by atoms with van der Waals surface area (Å²) < 4.78 is 15.8.